The smallest absolute Gasteiger partial charge is 0.330 e. The third-order valence-corrected chi connectivity index (χ3v) is 8.04. The van der Waals surface area contributed by atoms with Crippen LogP contribution in [0.15, 0.2) is 102 Å². The molecule has 0 aliphatic rings. The van der Waals surface area contributed by atoms with Gasteiger partial charge < -0.3 is 10.4 Å². The van der Waals surface area contributed by atoms with Gasteiger partial charge in [0.15, 0.2) is 6.04 Å². The molecular formula is C29H23ClN4O5S. The van der Waals surface area contributed by atoms with E-state index in [1.807, 2.05) is 6.07 Å². The van der Waals surface area contributed by atoms with Crippen LogP contribution in [-0.4, -0.2) is 34.7 Å². The third kappa shape index (κ3) is 6.90. The largest absolute Gasteiger partial charge is 0.479 e. The normalized spacial score (nSPS) is 11.9. The lowest BCUT2D eigenvalue weighted by Crippen LogP contribution is -2.33. The summed E-state index contributed by atoms with van der Waals surface area (Å²) in [5, 5.41) is 21.5. The summed E-state index contributed by atoms with van der Waals surface area (Å²) in [6, 6.07) is 23.8. The van der Waals surface area contributed by atoms with E-state index >= 15 is 0 Å². The second kappa shape index (κ2) is 12.5. The van der Waals surface area contributed by atoms with Crippen LogP contribution >= 0.6 is 11.6 Å². The van der Waals surface area contributed by atoms with Crippen LogP contribution in [0.3, 0.4) is 0 Å². The van der Waals surface area contributed by atoms with Crippen molar-refractivity contribution in [3.8, 4) is 6.07 Å². The van der Waals surface area contributed by atoms with Crippen molar-refractivity contribution in [2.45, 2.75) is 24.0 Å². The number of benzene rings is 3. The SMILES string of the molecule is N#Cc1ccc(C(NC(=O)c2ccc(CN(Cc3ccccn3)S(=O)(=O)c3ccc(Cl)cc3)cc2)C(=O)O)cc1. The van der Waals surface area contributed by atoms with E-state index in [9.17, 15) is 23.1 Å². The standard InChI is InChI=1S/C29H23ClN4O5S/c30-24-12-14-26(15-13-24)40(38,39)34(19-25-3-1-2-16-32-25)18-21-6-10-23(11-7-21)28(35)33-27(29(36)37)22-8-4-20(17-31)5-9-22/h1-16,27H,18-19H2,(H,33,35)(H,36,37). The number of amides is 1. The van der Waals surface area contributed by atoms with Crippen molar-refractivity contribution in [1.82, 2.24) is 14.6 Å². The quantitative estimate of drug-likeness (QED) is 0.283. The molecule has 202 valence electrons. The number of halogens is 1. The van der Waals surface area contributed by atoms with Gasteiger partial charge in [-0.1, -0.05) is 41.9 Å². The summed E-state index contributed by atoms with van der Waals surface area (Å²) < 4.78 is 28.3. The van der Waals surface area contributed by atoms with Crippen molar-refractivity contribution >= 4 is 33.5 Å². The maximum Gasteiger partial charge on any atom is 0.330 e. The zero-order valence-corrected chi connectivity index (χ0v) is 22.5. The highest BCUT2D eigenvalue weighted by Crippen LogP contribution is 2.23. The predicted molar refractivity (Wildman–Crippen MR) is 148 cm³/mol. The van der Waals surface area contributed by atoms with Gasteiger partial charge in [0.2, 0.25) is 10.0 Å². The van der Waals surface area contributed by atoms with Crippen LogP contribution in [0.4, 0.5) is 0 Å². The fraction of sp³-hybridized carbons (Fsp3) is 0.103. The summed E-state index contributed by atoms with van der Waals surface area (Å²) in [6.07, 6.45) is 1.58. The Balaban J connectivity index is 1.54. The molecule has 11 heteroatoms. The Morgan fingerprint density at radius 3 is 2.20 bits per heavy atom. The maximum absolute atomic E-state index is 13.5. The first-order valence-electron chi connectivity index (χ1n) is 12.0. The number of carbonyl (C=O) groups excluding carboxylic acids is 1. The molecule has 4 aromatic rings. The van der Waals surface area contributed by atoms with Gasteiger partial charge in [-0.15, -0.1) is 0 Å². The number of rotatable bonds is 10. The molecule has 0 radical (unpaired) electrons. The molecule has 0 saturated carbocycles. The monoisotopic (exact) mass is 574 g/mol. The first kappa shape index (κ1) is 28.4. The average molecular weight is 575 g/mol. The first-order chi connectivity index (χ1) is 19.2. The van der Waals surface area contributed by atoms with Crippen LogP contribution in [0.1, 0.15) is 38.8 Å². The highest BCUT2D eigenvalue weighted by atomic mass is 35.5. The molecule has 1 aromatic heterocycles. The van der Waals surface area contributed by atoms with Crippen molar-refractivity contribution in [2.75, 3.05) is 0 Å². The van der Waals surface area contributed by atoms with Crippen molar-refractivity contribution in [3.63, 3.8) is 0 Å². The van der Waals surface area contributed by atoms with Crippen LogP contribution in [-0.2, 0) is 27.9 Å². The molecule has 0 saturated heterocycles. The lowest BCUT2D eigenvalue weighted by molar-refractivity contribution is -0.139. The molecular weight excluding hydrogens is 552 g/mol. The highest BCUT2D eigenvalue weighted by Gasteiger charge is 2.26. The summed E-state index contributed by atoms with van der Waals surface area (Å²) in [5.41, 5.74) is 2.03. The number of aliphatic carboxylic acids is 1. The van der Waals surface area contributed by atoms with E-state index in [0.717, 1.165) is 0 Å². The molecule has 0 fully saturated rings. The topological polar surface area (TPSA) is 140 Å². The zero-order chi connectivity index (χ0) is 28.7. The molecule has 2 N–H and O–H groups in total. The van der Waals surface area contributed by atoms with E-state index in [1.165, 1.54) is 65.0 Å². The number of nitrogens with one attached hydrogen (secondary N) is 1. The van der Waals surface area contributed by atoms with E-state index < -0.39 is 27.9 Å². The van der Waals surface area contributed by atoms with Crippen molar-refractivity contribution in [1.29, 1.82) is 5.26 Å². The molecule has 4 rings (SSSR count). The Morgan fingerprint density at radius 2 is 1.62 bits per heavy atom. The van der Waals surface area contributed by atoms with Gasteiger partial charge in [0.05, 0.1) is 28.8 Å². The molecule has 1 atom stereocenters. The highest BCUT2D eigenvalue weighted by molar-refractivity contribution is 7.89. The Kier molecular flexibility index (Phi) is 8.91. The van der Waals surface area contributed by atoms with E-state index in [-0.39, 0.29) is 23.5 Å². The van der Waals surface area contributed by atoms with Crippen LogP contribution in [0.25, 0.3) is 0 Å². The summed E-state index contributed by atoms with van der Waals surface area (Å²) in [5.74, 6) is -1.88. The van der Waals surface area contributed by atoms with Gasteiger partial charge in [0, 0.05) is 23.3 Å². The number of sulfonamides is 1. The Bertz CT molecular complexity index is 1640. The Morgan fingerprint density at radius 1 is 0.950 bits per heavy atom. The lowest BCUT2D eigenvalue weighted by atomic mass is 10.0. The molecule has 40 heavy (non-hydrogen) atoms. The number of carboxylic acids is 1. The number of hydrogen-bond donors (Lipinski definition) is 2. The molecule has 1 unspecified atom stereocenters. The number of hydrogen-bond acceptors (Lipinski definition) is 6. The Hall–Kier alpha value is -4.56. The molecule has 1 heterocycles. The summed E-state index contributed by atoms with van der Waals surface area (Å²) in [7, 11) is -3.93. The third-order valence-electron chi connectivity index (χ3n) is 5.99. The molecule has 0 bridgehead atoms. The second-order valence-electron chi connectivity index (χ2n) is 8.72. The number of carbonyl (C=O) groups is 2. The predicted octanol–water partition coefficient (Wildman–Crippen LogP) is 4.55. The molecule has 3 aromatic carbocycles. The fourth-order valence-electron chi connectivity index (χ4n) is 3.87. The van der Waals surface area contributed by atoms with Crippen molar-refractivity contribution in [3.05, 3.63) is 130 Å². The van der Waals surface area contributed by atoms with Crippen LogP contribution in [0, 0.1) is 11.3 Å². The molecule has 1 amide bonds. The van der Waals surface area contributed by atoms with Crippen LogP contribution < -0.4 is 5.32 Å². The molecule has 0 aliphatic heterocycles. The first-order valence-corrected chi connectivity index (χ1v) is 13.8. The van der Waals surface area contributed by atoms with Crippen LogP contribution in [0.2, 0.25) is 5.02 Å². The summed E-state index contributed by atoms with van der Waals surface area (Å²) in [4.78, 5) is 29.0. The molecule has 0 aliphatic carbocycles. The second-order valence-corrected chi connectivity index (χ2v) is 11.1. The van der Waals surface area contributed by atoms with Gasteiger partial charge in [0.25, 0.3) is 5.91 Å². The fourth-order valence-corrected chi connectivity index (χ4v) is 5.40. The van der Waals surface area contributed by atoms with E-state index in [0.29, 0.717) is 27.4 Å². The van der Waals surface area contributed by atoms with E-state index in [4.69, 9.17) is 16.9 Å². The number of nitriles is 1. The minimum atomic E-state index is -3.93. The van der Waals surface area contributed by atoms with Crippen molar-refractivity contribution < 1.29 is 23.1 Å². The minimum absolute atomic E-state index is 0.00751. The van der Waals surface area contributed by atoms with Crippen molar-refractivity contribution in [2.24, 2.45) is 0 Å². The van der Waals surface area contributed by atoms with Gasteiger partial charge in [-0.05, 0) is 71.8 Å². The van der Waals surface area contributed by atoms with Gasteiger partial charge in [-0.25, -0.2) is 13.2 Å². The molecule has 9 nitrogen and oxygen atoms in total. The lowest BCUT2D eigenvalue weighted by Gasteiger charge is -2.22. The summed E-state index contributed by atoms with van der Waals surface area (Å²) in [6.45, 7) is 0.00530. The molecule has 0 spiro atoms. The van der Waals surface area contributed by atoms with Gasteiger partial charge in [-0.2, -0.15) is 9.57 Å². The van der Waals surface area contributed by atoms with Gasteiger partial charge >= 0.3 is 5.97 Å². The maximum atomic E-state index is 13.5. The average Bonchev–Trinajstić information content (AvgIpc) is 2.96. The van der Waals surface area contributed by atoms with Gasteiger partial charge in [0.1, 0.15) is 0 Å². The zero-order valence-electron chi connectivity index (χ0n) is 20.9. The van der Waals surface area contributed by atoms with E-state index in [1.54, 1.807) is 36.5 Å². The summed E-state index contributed by atoms with van der Waals surface area (Å²) >= 11 is 5.94. The number of pyridine rings is 1. The van der Waals surface area contributed by atoms with Crippen LogP contribution in [0.5, 0.6) is 0 Å². The van der Waals surface area contributed by atoms with E-state index in [2.05, 4.69) is 10.3 Å². The number of aromatic nitrogens is 1. The number of carboxylic acid groups (broad SMARTS) is 1. The Labute approximate surface area is 236 Å². The minimum Gasteiger partial charge on any atom is -0.479 e. The number of nitrogens with zero attached hydrogens (tertiary/aromatic N) is 3. The van der Waals surface area contributed by atoms with Gasteiger partial charge in [-0.3, -0.25) is 9.78 Å².